The summed E-state index contributed by atoms with van der Waals surface area (Å²) in [5.74, 6) is -1.52. The molecule has 22 heavy (non-hydrogen) atoms. The summed E-state index contributed by atoms with van der Waals surface area (Å²) in [6.45, 7) is -0.0804. The van der Waals surface area contributed by atoms with Crippen LogP contribution in [0, 0.1) is 0 Å². The van der Waals surface area contributed by atoms with E-state index in [9.17, 15) is 26.4 Å². The van der Waals surface area contributed by atoms with Crippen molar-refractivity contribution in [3.8, 4) is 0 Å². The molecule has 1 saturated heterocycles. The van der Waals surface area contributed by atoms with Crippen LogP contribution in [0.3, 0.4) is 0 Å². The minimum atomic E-state index is -4.62. The minimum Gasteiger partial charge on any atom is -0.334 e. The highest BCUT2D eigenvalue weighted by Gasteiger charge is 2.39. The van der Waals surface area contributed by atoms with Gasteiger partial charge < -0.3 is 4.90 Å². The Balaban J connectivity index is 2.19. The number of carbonyl (C=O) groups excluding carboxylic acids is 1. The fourth-order valence-electron chi connectivity index (χ4n) is 2.40. The molecule has 1 aromatic heterocycles. The van der Waals surface area contributed by atoms with E-state index in [1.54, 1.807) is 12.1 Å². The molecule has 1 amide bonds. The van der Waals surface area contributed by atoms with Crippen molar-refractivity contribution in [1.29, 1.82) is 0 Å². The number of hydrogen-bond donors (Lipinski definition) is 0. The molecule has 1 aliphatic rings. The van der Waals surface area contributed by atoms with Crippen LogP contribution < -0.4 is 0 Å². The topological polar surface area (TPSA) is 67.3 Å². The van der Waals surface area contributed by atoms with Crippen LogP contribution in [0.15, 0.2) is 24.5 Å². The van der Waals surface area contributed by atoms with Crippen LogP contribution in [-0.4, -0.2) is 47.9 Å². The van der Waals surface area contributed by atoms with Crippen molar-refractivity contribution in [3.63, 3.8) is 0 Å². The quantitative estimate of drug-likeness (QED) is 0.837. The highest BCUT2D eigenvalue weighted by atomic mass is 32.2. The molecule has 1 fully saturated rings. The van der Waals surface area contributed by atoms with Gasteiger partial charge in [-0.05, 0) is 18.1 Å². The molecule has 2 rings (SSSR count). The molecule has 9 heteroatoms. The fraction of sp³-hybridized carbons (Fsp3) is 0.538. The van der Waals surface area contributed by atoms with Crippen molar-refractivity contribution in [2.75, 3.05) is 11.5 Å². The van der Waals surface area contributed by atoms with E-state index in [0.29, 0.717) is 5.56 Å². The van der Waals surface area contributed by atoms with Crippen LogP contribution in [0.4, 0.5) is 13.2 Å². The van der Waals surface area contributed by atoms with Crippen LogP contribution in [-0.2, 0) is 21.2 Å². The first-order valence-electron chi connectivity index (χ1n) is 6.62. The van der Waals surface area contributed by atoms with Crippen molar-refractivity contribution in [2.24, 2.45) is 0 Å². The number of halogens is 3. The number of amides is 1. The summed E-state index contributed by atoms with van der Waals surface area (Å²) in [5, 5.41) is 0. The van der Waals surface area contributed by atoms with E-state index in [2.05, 4.69) is 4.98 Å². The highest BCUT2D eigenvalue weighted by Crippen LogP contribution is 2.25. The number of pyridine rings is 1. The normalized spacial score (nSPS) is 20.8. The number of nitrogens with zero attached hydrogens (tertiary/aromatic N) is 2. The lowest BCUT2D eigenvalue weighted by atomic mass is 10.1. The first-order valence-corrected chi connectivity index (χ1v) is 8.44. The molecule has 1 atom stereocenters. The van der Waals surface area contributed by atoms with Gasteiger partial charge in [0.05, 0.1) is 11.5 Å². The Labute approximate surface area is 126 Å². The molecule has 0 radical (unpaired) electrons. The maximum atomic E-state index is 12.5. The predicted molar refractivity (Wildman–Crippen MR) is 72.5 cm³/mol. The van der Waals surface area contributed by atoms with E-state index >= 15 is 0 Å². The summed E-state index contributed by atoms with van der Waals surface area (Å²) in [6, 6.07) is 2.51. The Morgan fingerprint density at radius 3 is 2.64 bits per heavy atom. The largest absolute Gasteiger partial charge is 0.397 e. The third-order valence-electron chi connectivity index (χ3n) is 3.40. The van der Waals surface area contributed by atoms with Crippen molar-refractivity contribution in [2.45, 2.75) is 31.6 Å². The summed E-state index contributed by atoms with van der Waals surface area (Å²) in [4.78, 5) is 16.8. The van der Waals surface area contributed by atoms with Gasteiger partial charge in [-0.3, -0.25) is 9.78 Å². The smallest absolute Gasteiger partial charge is 0.334 e. The molecule has 1 aromatic rings. The zero-order valence-electron chi connectivity index (χ0n) is 11.6. The van der Waals surface area contributed by atoms with Crippen LogP contribution >= 0.6 is 0 Å². The molecule has 0 aliphatic carbocycles. The lowest BCUT2D eigenvalue weighted by Gasteiger charge is -2.28. The van der Waals surface area contributed by atoms with Crippen molar-refractivity contribution in [3.05, 3.63) is 30.1 Å². The average Bonchev–Trinajstić information content (AvgIpc) is 2.75. The Kier molecular flexibility index (Phi) is 4.74. The predicted octanol–water partition coefficient (Wildman–Crippen LogP) is 1.55. The first-order chi connectivity index (χ1) is 10.2. The molecule has 0 aromatic carbocycles. The summed E-state index contributed by atoms with van der Waals surface area (Å²) in [5.41, 5.74) is 0.558. The minimum absolute atomic E-state index is 0.0804. The zero-order valence-corrected chi connectivity index (χ0v) is 12.4. The van der Waals surface area contributed by atoms with Crippen LogP contribution in [0.1, 0.15) is 18.4 Å². The van der Waals surface area contributed by atoms with Crippen molar-refractivity contribution >= 4 is 15.7 Å². The zero-order chi connectivity index (χ0) is 16.4. The first kappa shape index (κ1) is 16.7. The summed E-state index contributed by atoms with van der Waals surface area (Å²) in [6.07, 6.45) is -3.11. The SMILES string of the molecule is O=C(CC(F)(F)F)N(Cc1cccnc1)C1CCS(=O)(=O)C1. The second kappa shape index (κ2) is 6.23. The number of rotatable bonds is 4. The van der Waals surface area contributed by atoms with Gasteiger partial charge in [0.25, 0.3) is 0 Å². The summed E-state index contributed by atoms with van der Waals surface area (Å²) in [7, 11) is -3.30. The van der Waals surface area contributed by atoms with E-state index in [0.717, 1.165) is 4.90 Å². The van der Waals surface area contributed by atoms with Gasteiger partial charge >= 0.3 is 6.18 Å². The standard InChI is InChI=1S/C13H15F3N2O3S/c14-13(15,16)6-12(19)18(8-10-2-1-4-17-7-10)11-3-5-22(20,21)9-11/h1-2,4,7,11H,3,5-6,8-9H2. The summed E-state index contributed by atoms with van der Waals surface area (Å²) >= 11 is 0. The Bertz CT molecular complexity index is 632. The van der Waals surface area contributed by atoms with E-state index in [4.69, 9.17) is 0 Å². The van der Waals surface area contributed by atoms with Crippen LogP contribution in [0.5, 0.6) is 0 Å². The maximum absolute atomic E-state index is 12.5. The van der Waals surface area contributed by atoms with Gasteiger partial charge in [0, 0.05) is 25.0 Å². The molecule has 0 N–H and O–H groups in total. The van der Waals surface area contributed by atoms with Crippen molar-refractivity contribution in [1.82, 2.24) is 9.88 Å². The number of hydrogen-bond acceptors (Lipinski definition) is 4. The van der Waals surface area contributed by atoms with E-state index in [1.807, 2.05) is 0 Å². The lowest BCUT2D eigenvalue weighted by molar-refractivity contribution is -0.163. The Hall–Kier alpha value is -1.64. The number of carbonyl (C=O) groups is 1. The van der Waals surface area contributed by atoms with Gasteiger partial charge in [-0.2, -0.15) is 13.2 Å². The van der Waals surface area contributed by atoms with E-state index in [-0.39, 0.29) is 24.5 Å². The third kappa shape index (κ3) is 4.69. The highest BCUT2D eigenvalue weighted by molar-refractivity contribution is 7.91. The molecule has 5 nitrogen and oxygen atoms in total. The van der Waals surface area contributed by atoms with Gasteiger partial charge in [0.2, 0.25) is 5.91 Å². The van der Waals surface area contributed by atoms with Gasteiger partial charge in [-0.25, -0.2) is 8.42 Å². The number of aromatic nitrogens is 1. The van der Waals surface area contributed by atoms with Gasteiger partial charge in [0.1, 0.15) is 6.42 Å². The average molecular weight is 336 g/mol. The molecule has 1 unspecified atom stereocenters. The summed E-state index contributed by atoms with van der Waals surface area (Å²) < 4.78 is 60.5. The van der Waals surface area contributed by atoms with E-state index in [1.165, 1.54) is 12.4 Å². The molecule has 0 spiro atoms. The van der Waals surface area contributed by atoms with Gasteiger partial charge in [0.15, 0.2) is 9.84 Å². The third-order valence-corrected chi connectivity index (χ3v) is 5.15. The second-order valence-electron chi connectivity index (χ2n) is 5.23. The maximum Gasteiger partial charge on any atom is 0.397 e. The molecule has 0 bridgehead atoms. The molecule has 1 aliphatic heterocycles. The Morgan fingerprint density at radius 2 is 2.14 bits per heavy atom. The Morgan fingerprint density at radius 1 is 1.41 bits per heavy atom. The number of alkyl halides is 3. The second-order valence-corrected chi connectivity index (χ2v) is 7.46. The molecule has 0 saturated carbocycles. The van der Waals surface area contributed by atoms with Crippen molar-refractivity contribution < 1.29 is 26.4 Å². The number of sulfone groups is 1. The molecule has 122 valence electrons. The van der Waals surface area contributed by atoms with E-state index < -0.39 is 34.4 Å². The van der Waals surface area contributed by atoms with Crippen LogP contribution in [0.2, 0.25) is 0 Å². The molecular formula is C13H15F3N2O3S. The van der Waals surface area contributed by atoms with Crippen LogP contribution in [0.25, 0.3) is 0 Å². The molecule has 2 heterocycles. The fourth-order valence-corrected chi connectivity index (χ4v) is 4.13. The monoisotopic (exact) mass is 336 g/mol. The lowest BCUT2D eigenvalue weighted by Crippen LogP contribution is -2.42. The van der Waals surface area contributed by atoms with Gasteiger partial charge in [-0.15, -0.1) is 0 Å². The van der Waals surface area contributed by atoms with Gasteiger partial charge in [-0.1, -0.05) is 6.07 Å². The molecular weight excluding hydrogens is 321 g/mol.